The van der Waals surface area contributed by atoms with E-state index in [1.54, 1.807) is 0 Å². The number of carboxylic acid groups (broad SMARTS) is 1. The second kappa shape index (κ2) is 4.72. The summed E-state index contributed by atoms with van der Waals surface area (Å²) < 4.78 is 26.8. The van der Waals surface area contributed by atoms with E-state index in [-0.39, 0.29) is 25.1 Å². The predicted octanol–water partition coefficient (Wildman–Crippen LogP) is 1.40. The molecule has 1 saturated heterocycles. The first-order chi connectivity index (χ1) is 8.49. The minimum Gasteiger partial charge on any atom is -0.481 e. The van der Waals surface area contributed by atoms with E-state index in [1.165, 1.54) is 11.0 Å². The number of carbonyl (C=O) groups is 2. The van der Waals surface area contributed by atoms with E-state index in [4.69, 9.17) is 5.11 Å². The molecule has 1 amide bonds. The van der Waals surface area contributed by atoms with Crippen LogP contribution >= 0.6 is 0 Å². The standard InChI is InChI=1S/C12H11F2NO3/c13-9-2-1-3-10(14)8(9)6-15-5-7(12(17)18)4-11(15)16/h1-3,7H,4-6H2,(H,17,18). The van der Waals surface area contributed by atoms with Crippen molar-refractivity contribution in [3.63, 3.8) is 0 Å². The van der Waals surface area contributed by atoms with E-state index < -0.39 is 29.4 Å². The molecule has 1 aliphatic rings. The van der Waals surface area contributed by atoms with Gasteiger partial charge in [-0.1, -0.05) is 6.07 Å². The van der Waals surface area contributed by atoms with Gasteiger partial charge in [-0.2, -0.15) is 0 Å². The first kappa shape index (κ1) is 12.5. The molecule has 6 heteroatoms. The smallest absolute Gasteiger partial charge is 0.308 e. The Hall–Kier alpha value is -1.98. The molecule has 0 spiro atoms. The zero-order valence-electron chi connectivity index (χ0n) is 9.40. The summed E-state index contributed by atoms with van der Waals surface area (Å²) in [5.41, 5.74) is -0.211. The van der Waals surface area contributed by atoms with Gasteiger partial charge in [-0.05, 0) is 12.1 Å². The van der Waals surface area contributed by atoms with Gasteiger partial charge < -0.3 is 10.0 Å². The molecule has 1 fully saturated rings. The number of carboxylic acids is 1. The molecule has 1 aliphatic heterocycles. The van der Waals surface area contributed by atoms with Crippen molar-refractivity contribution in [1.29, 1.82) is 0 Å². The molecule has 0 bridgehead atoms. The van der Waals surface area contributed by atoms with Crippen molar-refractivity contribution < 1.29 is 23.5 Å². The van der Waals surface area contributed by atoms with E-state index in [1.807, 2.05) is 0 Å². The van der Waals surface area contributed by atoms with Crippen molar-refractivity contribution in [2.24, 2.45) is 5.92 Å². The SMILES string of the molecule is O=C(O)C1CC(=O)N(Cc2c(F)cccc2F)C1. The van der Waals surface area contributed by atoms with E-state index in [2.05, 4.69) is 0 Å². The number of rotatable bonds is 3. The van der Waals surface area contributed by atoms with E-state index in [0.717, 1.165) is 12.1 Å². The second-order valence-corrected chi connectivity index (χ2v) is 4.21. The van der Waals surface area contributed by atoms with Crippen LogP contribution in [0.4, 0.5) is 8.78 Å². The summed E-state index contributed by atoms with van der Waals surface area (Å²) >= 11 is 0. The lowest BCUT2D eigenvalue weighted by Crippen LogP contribution is -2.26. The lowest BCUT2D eigenvalue weighted by atomic mass is 10.1. The van der Waals surface area contributed by atoms with Crippen molar-refractivity contribution in [2.45, 2.75) is 13.0 Å². The number of halogens is 2. The average Bonchev–Trinajstić information content (AvgIpc) is 2.66. The van der Waals surface area contributed by atoms with Gasteiger partial charge in [0.1, 0.15) is 11.6 Å². The van der Waals surface area contributed by atoms with Crippen molar-refractivity contribution in [3.05, 3.63) is 35.4 Å². The Labute approximate surface area is 102 Å². The topological polar surface area (TPSA) is 57.6 Å². The molecule has 1 unspecified atom stereocenters. The number of likely N-dealkylation sites (tertiary alicyclic amines) is 1. The van der Waals surface area contributed by atoms with Crippen molar-refractivity contribution in [3.8, 4) is 0 Å². The van der Waals surface area contributed by atoms with Crippen LogP contribution in [0, 0.1) is 17.6 Å². The summed E-state index contributed by atoms with van der Waals surface area (Å²) in [6.45, 7) is -0.247. The molecule has 4 nitrogen and oxygen atoms in total. The molecular weight excluding hydrogens is 244 g/mol. The van der Waals surface area contributed by atoms with Crippen LogP contribution in [0.15, 0.2) is 18.2 Å². The van der Waals surface area contributed by atoms with Crippen LogP contribution < -0.4 is 0 Å². The lowest BCUT2D eigenvalue weighted by molar-refractivity contribution is -0.141. The first-order valence-electron chi connectivity index (χ1n) is 5.42. The maximum Gasteiger partial charge on any atom is 0.308 e. The first-order valence-corrected chi connectivity index (χ1v) is 5.42. The van der Waals surface area contributed by atoms with Crippen LogP contribution in [-0.2, 0) is 16.1 Å². The molecule has 1 atom stereocenters. The Kier molecular flexibility index (Phi) is 3.27. The fourth-order valence-electron chi connectivity index (χ4n) is 1.96. The summed E-state index contributed by atoms with van der Waals surface area (Å²) in [7, 11) is 0. The number of nitrogens with zero attached hydrogens (tertiary/aromatic N) is 1. The summed E-state index contributed by atoms with van der Waals surface area (Å²) in [6, 6.07) is 3.45. The van der Waals surface area contributed by atoms with Crippen LogP contribution in [0.3, 0.4) is 0 Å². The molecule has 0 aliphatic carbocycles. The summed E-state index contributed by atoms with van der Waals surface area (Å²) in [6.07, 6.45) is -0.120. The van der Waals surface area contributed by atoms with Crippen molar-refractivity contribution in [1.82, 2.24) is 4.90 Å². The normalized spacial score (nSPS) is 19.3. The molecule has 96 valence electrons. The molecule has 1 N–H and O–H groups in total. The summed E-state index contributed by atoms with van der Waals surface area (Å²) in [5, 5.41) is 8.80. The number of benzene rings is 1. The largest absolute Gasteiger partial charge is 0.481 e. The molecular formula is C12H11F2NO3. The Morgan fingerprint density at radius 1 is 1.39 bits per heavy atom. The van der Waals surface area contributed by atoms with Gasteiger partial charge in [0.15, 0.2) is 0 Å². The second-order valence-electron chi connectivity index (χ2n) is 4.21. The quantitative estimate of drug-likeness (QED) is 0.888. The highest BCUT2D eigenvalue weighted by atomic mass is 19.1. The van der Waals surface area contributed by atoms with E-state index >= 15 is 0 Å². The van der Waals surface area contributed by atoms with Crippen molar-refractivity contribution in [2.75, 3.05) is 6.54 Å². The molecule has 1 aromatic carbocycles. The third kappa shape index (κ3) is 2.32. The number of hydrogen-bond acceptors (Lipinski definition) is 2. The summed E-state index contributed by atoms with van der Waals surface area (Å²) in [5.74, 6) is -3.74. The third-order valence-electron chi connectivity index (χ3n) is 2.97. The van der Waals surface area contributed by atoms with Gasteiger partial charge in [0, 0.05) is 18.5 Å². The highest BCUT2D eigenvalue weighted by Crippen LogP contribution is 2.22. The predicted molar refractivity (Wildman–Crippen MR) is 57.5 cm³/mol. The van der Waals surface area contributed by atoms with Gasteiger partial charge in [0.05, 0.1) is 12.5 Å². The van der Waals surface area contributed by atoms with Gasteiger partial charge in [0.2, 0.25) is 5.91 Å². The molecule has 1 heterocycles. The molecule has 18 heavy (non-hydrogen) atoms. The number of amides is 1. The maximum atomic E-state index is 13.4. The fourth-order valence-corrected chi connectivity index (χ4v) is 1.96. The van der Waals surface area contributed by atoms with Crippen LogP contribution in [0.25, 0.3) is 0 Å². The minimum atomic E-state index is -1.07. The van der Waals surface area contributed by atoms with Crippen LogP contribution in [0.2, 0.25) is 0 Å². The molecule has 1 aromatic rings. The third-order valence-corrected chi connectivity index (χ3v) is 2.97. The summed E-state index contributed by atoms with van der Waals surface area (Å²) in [4.78, 5) is 23.5. The number of hydrogen-bond donors (Lipinski definition) is 1. The number of aliphatic carboxylic acids is 1. The van der Waals surface area contributed by atoms with Crippen LogP contribution in [0.5, 0.6) is 0 Å². The number of carbonyl (C=O) groups excluding carboxylic acids is 1. The Balaban J connectivity index is 2.15. The maximum absolute atomic E-state index is 13.4. The molecule has 0 saturated carbocycles. The van der Waals surface area contributed by atoms with Crippen LogP contribution in [0.1, 0.15) is 12.0 Å². The van der Waals surface area contributed by atoms with Gasteiger partial charge in [-0.25, -0.2) is 8.78 Å². The Morgan fingerprint density at radius 2 is 2.00 bits per heavy atom. The van der Waals surface area contributed by atoms with Gasteiger partial charge >= 0.3 is 5.97 Å². The molecule has 0 radical (unpaired) electrons. The fraction of sp³-hybridized carbons (Fsp3) is 0.333. The van der Waals surface area contributed by atoms with Gasteiger partial charge in [-0.15, -0.1) is 0 Å². The van der Waals surface area contributed by atoms with Gasteiger partial charge in [-0.3, -0.25) is 9.59 Å². The van der Waals surface area contributed by atoms with Crippen LogP contribution in [-0.4, -0.2) is 28.4 Å². The average molecular weight is 255 g/mol. The van der Waals surface area contributed by atoms with E-state index in [9.17, 15) is 18.4 Å². The lowest BCUT2D eigenvalue weighted by Gasteiger charge is -2.16. The van der Waals surface area contributed by atoms with E-state index in [0.29, 0.717) is 0 Å². The zero-order valence-corrected chi connectivity index (χ0v) is 9.40. The Morgan fingerprint density at radius 3 is 2.50 bits per heavy atom. The molecule has 0 aromatic heterocycles. The highest BCUT2D eigenvalue weighted by Gasteiger charge is 2.34. The Bertz CT molecular complexity index is 484. The highest BCUT2D eigenvalue weighted by molar-refractivity contribution is 5.86. The monoisotopic (exact) mass is 255 g/mol. The van der Waals surface area contributed by atoms with Crippen molar-refractivity contribution >= 4 is 11.9 Å². The molecule has 2 rings (SSSR count). The van der Waals surface area contributed by atoms with Gasteiger partial charge in [0.25, 0.3) is 0 Å². The zero-order chi connectivity index (χ0) is 13.3. The minimum absolute atomic E-state index is 0.0120.